The normalized spacial score (nSPS) is 16.8. The lowest BCUT2D eigenvalue weighted by Gasteiger charge is -2.32. The Morgan fingerprint density at radius 3 is 2.65 bits per heavy atom. The van der Waals surface area contributed by atoms with Gasteiger partial charge in [0.1, 0.15) is 0 Å². The van der Waals surface area contributed by atoms with Crippen molar-refractivity contribution in [1.82, 2.24) is 9.80 Å². The smallest absolute Gasteiger partial charge is 0.227 e. The molecule has 1 aliphatic rings. The quantitative estimate of drug-likeness (QED) is 0.848. The second-order valence-corrected chi connectivity index (χ2v) is 6.75. The van der Waals surface area contributed by atoms with Crippen LogP contribution in [0.15, 0.2) is 24.3 Å². The molecule has 4 heteroatoms. The van der Waals surface area contributed by atoms with Crippen LogP contribution in [-0.2, 0) is 11.2 Å². The summed E-state index contributed by atoms with van der Waals surface area (Å²) in [5.74, 6) is 0.268. The van der Waals surface area contributed by atoms with Gasteiger partial charge in [-0.15, -0.1) is 11.3 Å². The maximum absolute atomic E-state index is 12.5. The van der Waals surface area contributed by atoms with Gasteiger partial charge in [-0.25, -0.2) is 0 Å². The van der Waals surface area contributed by atoms with Crippen molar-refractivity contribution < 1.29 is 4.79 Å². The highest BCUT2D eigenvalue weighted by molar-refractivity contribution is 7.19. The molecule has 1 fully saturated rings. The lowest BCUT2D eigenvalue weighted by molar-refractivity contribution is -0.132. The van der Waals surface area contributed by atoms with Crippen LogP contribution in [0, 0.1) is 6.92 Å². The van der Waals surface area contributed by atoms with E-state index in [0.717, 1.165) is 26.2 Å². The third-order valence-corrected chi connectivity index (χ3v) is 5.21. The Kier molecular flexibility index (Phi) is 3.76. The Balaban J connectivity index is 1.79. The molecule has 1 saturated heterocycles. The zero-order valence-corrected chi connectivity index (χ0v) is 12.9. The van der Waals surface area contributed by atoms with Crippen LogP contribution in [0.1, 0.15) is 10.4 Å². The van der Waals surface area contributed by atoms with Gasteiger partial charge in [0.25, 0.3) is 0 Å². The van der Waals surface area contributed by atoms with Crippen molar-refractivity contribution in [2.24, 2.45) is 0 Å². The first kappa shape index (κ1) is 13.6. The van der Waals surface area contributed by atoms with E-state index >= 15 is 0 Å². The Morgan fingerprint density at radius 2 is 1.90 bits per heavy atom. The average molecular weight is 288 g/mol. The largest absolute Gasteiger partial charge is 0.340 e. The first-order valence-corrected chi connectivity index (χ1v) is 7.90. The molecule has 20 heavy (non-hydrogen) atoms. The highest BCUT2D eigenvalue weighted by Crippen LogP contribution is 2.31. The zero-order valence-electron chi connectivity index (χ0n) is 12.1. The number of carbonyl (C=O) groups is 1. The van der Waals surface area contributed by atoms with Crippen LogP contribution in [0.3, 0.4) is 0 Å². The van der Waals surface area contributed by atoms with E-state index in [9.17, 15) is 4.79 Å². The highest BCUT2D eigenvalue weighted by atomic mass is 32.1. The van der Waals surface area contributed by atoms with E-state index in [4.69, 9.17) is 0 Å². The molecule has 1 aromatic heterocycles. The molecular formula is C16H20N2OS. The molecule has 106 valence electrons. The van der Waals surface area contributed by atoms with Gasteiger partial charge >= 0.3 is 0 Å². The summed E-state index contributed by atoms with van der Waals surface area (Å²) in [6.07, 6.45) is 0.541. The second kappa shape index (κ2) is 5.54. The van der Waals surface area contributed by atoms with Crippen molar-refractivity contribution in [3.05, 3.63) is 34.7 Å². The SMILES string of the molecule is Cc1sc2ccccc2c1CC(=O)N1CCN(C)CC1. The number of fused-ring (bicyclic) bond motifs is 1. The standard InChI is InChI=1S/C16H20N2OS/c1-12-14(13-5-3-4-6-15(13)20-12)11-16(19)18-9-7-17(2)8-10-18/h3-6H,7-11H2,1-2H3. The van der Waals surface area contributed by atoms with E-state index in [0.29, 0.717) is 6.42 Å². The van der Waals surface area contributed by atoms with Gasteiger partial charge in [-0.05, 0) is 31.0 Å². The molecule has 1 aliphatic heterocycles. The lowest BCUT2D eigenvalue weighted by Crippen LogP contribution is -2.47. The van der Waals surface area contributed by atoms with Gasteiger partial charge in [0.15, 0.2) is 0 Å². The Morgan fingerprint density at radius 1 is 1.20 bits per heavy atom. The second-order valence-electron chi connectivity index (χ2n) is 5.49. The molecule has 1 amide bonds. The van der Waals surface area contributed by atoms with Crippen molar-refractivity contribution in [2.75, 3.05) is 33.2 Å². The van der Waals surface area contributed by atoms with Gasteiger partial charge in [-0.3, -0.25) is 4.79 Å². The summed E-state index contributed by atoms with van der Waals surface area (Å²) >= 11 is 1.79. The average Bonchev–Trinajstić information content (AvgIpc) is 2.76. The molecule has 3 nitrogen and oxygen atoms in total. The molecule has 2 heterocycles. The number of amides is 1. The van der Waals surface area contributed by atoms with Gasteiger partial charge in [-0.1, -0.05) is 18.2 Å². The highest BCUT2D eigenvalue weighted by Gasteiger charge is 2.21. The maximum Gasteiger partial charge on any atom is 0.227 e. The van der Waals surface area contributed by atoms with Crippen LogP contribution in [0.25, 0.3) is 10.1 Å². The zero-order chi connectivity index (χ0) is 14.1. The van der Waals surface area contributed by atoms with E-state index in [1.54, 1.807) is 11.3 Å². The predicted octanol–water partition coefficient (Wildman–Crippen LogP) is 2.53. The minimum Gasteiger partial charge on any atom is -0.340 e. The number of hydrogen-bond donors (Lipinski definition) is 0. The van der Waals surface area contributed by atoms with Crippen molar-refractivity contribution in [3.63, 3.8) is 0 Å². The summed E-state index contributed by atoms with van der Waals surface area (Å²) in [6, 6.07) is 8.38. The number of nitrogens with zero attached hydrogens (tertiary/aromatic N) is 2. The molecule has 0 aliphatic carbocycles. The Hall–Kier alpha value is -1.39. The van der Waals surface area contributed by atoms with Gasteiger partial charge in [0.2, 0.25) is 5.91 Å². The van der Waals surface area contributed by atoms with Crippen LogP contribution in [-0.4, -0.2) is 48.9 Å². The first-order valence-electron chi connectivity index (χ1n) is 7.08. The van der Waals surface area contributed by atoms with Crippen molar-refractivity contribution in [2.45, 2.75) is 13.3 Å². The molecule has 2 aromatic rings. The topological polar surface area (TPSA) is 23.6 Å². The number of rotatable bonds is 2. The van der Waals surface area contributed by atoms with Gasteiger partial charge in [-0.2, -0.15) is 0 Å². The van der Waals surface area contributed by atoms with E-state index in [2.05, 4.69) is 43.1 Å². The van der Waals surface area contributed by atoms with Gasteiger partial charge < -0.3 is 9.80 Å². The monoisotopic (exact) mass is 288 g/mol. The molecule has 1 aromatic carbocycles. The van der Waals surface area contributed by atoms with E-state index in [-0.39, 0.29) is 5.91 Å². The maximum atomic E-state index is 12.5. The van der Waals surface area contributed by atoms with Crippen LogP contribution in [0.2, 0.25) is 0 Å². The number of aryl methyl sites for hydroxylation is 1. The molecule has 0 spiro atoms. The summed E-state index contributed by atoms with van der Waals surface area (Å²) in [6.45, 7) is 5.80. The molecular weight excluding hydrogens is 268 g/mol. The van der Waals surface area contributed by atoms with Gasteiger partial charge in [0.05, 0.1) is 6.42 Å². The Bertz CT molecular complexity index is 626. The number of carbonyl (C=O) groups excluding carboxylic acids is 1. The van der Waals surface area contributed by atoms with Gasteiger partial charge in [0, 0.05) is 35.8 Å². The fourth-order valence-electron chi connectivity index (χ4n) is 2.76. The fraction of sp³-hybridized carbons (Fsp3) is 0.438. The predicted molar refractivity (Wildman–Crippen MR) is 84.3 cm³/mol. The van der Waals surface area contributed by atoms with Crippen LogP contribution in [0.4, 0.5) is 0 Å². The van der Waals surface area contributed by atoms with Crippen LogP contribution >= 0.6 is 11.3 Å². The van der Waals surface area contributed by atoms with Crippen LogP contribution in [0.5, 0.6) is 0 Å². The number of hydrogen-bond acceptors (Lipinski definition) is 3. The molecule has 3 rings (SSSR count). The fourth-order valence-corrected chi connectivity index (χ4v) is 3.84. The summed E-state index contributed by atoms with van der Waals surface area (Å²) in [5.41, 5.74) is 1.22. The number of piperazine rings is 1. The number of thiophene rings is 1. The molecule has 0 radical (unpaired) electrons. The lowest BCUT2D eigenvalue weighted by atomic mass is 10.1. The third kappa shape index (κ3) is 2.58. The first-order chi connectivity index (χ1) is 9.65. The minimum absolute atomic E-state index is 0.268. The summed E-state index contributed by atoms with van der Waals surface area (Å²) < 4.78 is 1.28. The van der Waals surface area contributed by atoms with Crippen LogP contribution < -0.4 is 0 Å². The molecule has 0 bridgehead atoms. The number of likely N-dealkylation sites (N-methyl/N-ethyl adjacent to an activating group) is 1. The minimum atomic E-state index is 0.268. The summed E-state index contributed by atoms with van der Waals surface area (Å²) in [4.78, 5) is 18.0. The summed E-state index contributed by atoms with van der Waals surface area (Å²) in [7, 11) is 2.11. The molecule has 0 N–H and O–H groups in total. The van der Waals surface area contributed by atoms with Crippen molar-refractivity contribution >= 4 is 27.3 Å². The van der Waals surface area contributed by atoms with E-state index < -0.39 is 0 Å². The van der Waals surface area contributed by atoms with Crippen molar-refractivity contribution in [1.29, 1.82) is 0 Å². The third-order valence-electron chi connectivity index (χ3n) is 4.08. The van der Waals surface area contributed by atoms with E-state index in [1.807, 2.05) is 4.90 Å². The molecule has 0 unspecified atom stereocenters. The molecule has 0 atom stereocenters. The molecule has 0 saturated carbocycles. The Labute approximate surface area is 123 Å². The number of benzene rings is 1. The van der Waals surface area contributed by atoms with Crippen molar-refractivity contribution in [3.8, 4) is 0 Å². The van der Waals surface area contributed by atoms with E-state index in [1.165, 1.54) is 20.5 Å². The summed E-state index contributed by atoms with van der Waals surface area (Å²) in [5, 5.41) is 1.25.